The summed E-state index contributed by atoms with van der Waals surface area (Å²) in [6.07, 6.45) is 0.944. The maximum atomic E-state index is 12.4. The molecule has 1 amide bonds. The first-order chi connectivity index (χ1) is 12.5. The van der Waals surface area contributed by atoms with Crippen LogP contribution in [0.25, 0.3) is 0 Å². The lowest BCUT2D eigenvalue weighted by Gasteiger charge is -2.09. The maximum absolute atomic E-state index is 12.4. The second kappa shape index (κ2) is 7.78. The predicted octanol–water partition coefficient (Wildman–Crippen LogP) is 3.41. The van der Waals surface area contributed by atoms with E-state index in [1.54, 1.807) is 0 Å². The van der Waals surface area contributed by atoms with E-state index in [1.165, 1.54) is 22.4 Å². The summed E-state index contributed by atoms with van der Waals surface area (Å²) in [5.74, 6) is -0.341. The van der Waals surface area contributed by atoms with E-state index >= 15 is 0 Å². The van der Waals surface area contributed by atoms with Gasteiger partial charge < -0.3 is 5.32 Å². The predicted molar refractivity (Wildman–Crippen MR) is 103 cm³/mol. The van der Waals surface area contributed by atoms with Gasteiger partial charge in [0.15, 0.2) is 0 Å². The lowest BCUT2D eigenvalue weighted by Crippen LogP contribution is -2.26. The molecular weight excluding hydrogens is 326 g/mol. The van der Waals surface area contributed by atoms with E-state index in [2.05, 4.69) is 17.3 Å². The zero-order valence-corrected chi connectivity index (χ0v) is 14.9. The van der Waals surface area contributed by atoms with Crippen LogP contribution in [-0.4, -0.2) is 15.7 Å². The average Bonchev–Trinajstić information content (AvgIpc) is 2.66. The Bertz CT molecular complexity index is 958. The number of amides is 1. The van der Waals surface area contributed by atoms with Gasteiger partial charge in [-0.1, -0.05) is 48.9 Å². The van der Waals surface area contributed by atoms with Crippen LogP contribution in [0, 0.1) is 6.92 Å². The molecule has 0 radical (unpaired) electrons. The third-order valence-corrected chi connectivity index (χ3v) is 4.17. The lowest BCUT2D eigenvalue weighted by molar-refractivity contribution is 0.102. The fraction of sp³-hybridized carbons (Fsp3) is 0.190. The number of nitrogens with one attached hydrogen (secondary N) is 1. The number of anilines is 1. The highest BCUT2D eigenvalue weighted by atomic mass is 16.2. The second-order valence-electron chi connectivity index (χ2n) is 6.20. The van der Waals surface area contributed by atoms with Gasteiger partial charge in [-0.25, -0.2) is 4.68 Å². The summed E-state index contributed by atoms with van der Waals surface area (Å²) in [6.45, 7) is 4.41. The molecular formula is C21H21N3O2. The van der Waals surface area contributed by atoms with Crippen LogP contribution in [0.4, 0.5) is 5.69 Å². The van der Waals surface area contributed by atoms with E-state index in [0.717, 1.165) is 17.5 Å². The van der Waals surface area contributed by atoms with Crippen LogP contribution in [0.1, 0.15) is 34.1 Å². The zero-order valence-electron chi connectivity index (χ0n) is 14.9. The van der Waals surface area contributed by atoms with E-state index in [9.17, 15) is 9.59 Å². The van der Waals surface area contributed by atoms with Crippen molar-refractivity contribution < 1.29 is 4.79 Å². The highest BCUT2D eigenvalue weighted by molar-refractivity contribution is 6.02. The third kappa shape index (κ3) is 4.25. The summed E-state index contributed by atoms with van der Waals surface area (Å²) in [5, 5.41) is 7.02. The summed E-state index contributed by atoms with van der Waals surface area (Å²) in [4.78, 5) is 24.5. The van der Waals surface area contributed by atoms with E-state index in [1.807, 2.05) is 55.5 Å². The minimum absolute atomic E-state index is 0.205. The number of benzene rings is 2. The third-order valence-electron chi connectivity index (χ3n) is 4.17. The first kappa shape index (κ1) is 17.6. The van der Waals surface area contributed by atoms with Crippen LogP contribution in [0.5, 0.6) is 0 Å². The Morgan fingerprint density at radius 2 is 1.62 bits per heavy atom. The molecule has 5 nitrogen and oxygen atoms in total. The standard InChI is InChI=1S/C21H21N3O2/c1-3-16-8-10-18(11-9-16)22-21(26)19-12-13-20(25)24(23-19)14-17-6-4-15(2)5-7-17/h4-13H,3,14H2,1-2H3,(H,22,26). The monoisotopic (exact) mass is 347 g/mol. The van der Waals surface area contributed by atoms with Gasteiger partial charge in [0.1, 0.15) is 5.69 Å². The number of hydrogen-bond acceptors (Lipinski definition) is 3. The SMILES string of the molecule is CCc1ccc(NC(=O)c2ccc(=O)n(Cc3ccc(C)cc3)n2)cc1. The van der Waals surface area contributed by atoms with Crippen LogP contribution in [0.2, 0.25) is 0 Å². The van der Waals surface area contributed by atoms with Gasteiger partial charge in [-0.15, -0.1) is 0 Å². The van der Waals surface area contributed by atoms with Gasteiger partial charge in [-0.05, 0) is 42.7 Å². The number of carbonyl (C=O) groups is 1. The molecule has 0 bridgehead atoms. The largest absolute Gasteiger partial charge is 0.321 e. The number of carbonyl (C=O) groups excluding carboxylic acids is 1. The van der Waals surface area contributed by atoms with E-state index in [0.29, 0.717) is 12.2 Å². The molecule has 5 heteroatoms. The molecule has 0 atom stereocenters. The van der Waals surface area contributed by atoms with Crippen molar-refractivity contribution in [1.29, 1.82) is 0 Å². The minimum atomic E-state index is -0.341. The summed E-state index contributed by atoms with van der Waals surface area (Å²) < 4.78 is 1.31. The molecule has 3 rings (SSSR count). The maximum Gasteiger partial charge on any atom is 0.276 e. The normalized spacial score (nSPS) is 10.5. The molecule has 0 fully saturated rings. The first-order valence-electron chi connectivity index (χ1n) is 8.59. The second-order valence-corrected chi connectivity index (χ2v) is 6.20. The van der Waals surface area contributed by atoms with Gasteiger partial charge in [0, 0.05) is 11.8 Å². The molecule has 0 aliphatic carbocycles. The van der Waals surface area contributed by atoms with Crippen LogP contribution in [0.3, 0.4) is 0 Å². The lowest BCUT2D eigenvalue weighted by atomic mass is 10.1. The van der Waals surface area contributed by atoms with Gasteiger partial charge in [0.2, 0.25) is 0 Å². The first-order valence-corrected chi connectivity index (χ1v) is 8.59. The van der Waals surface area contributed by atoms with Crippen molar-refractivity contribution in [3.8, 4) is 0 Å². The molecule has 26 heavy (non-hydrogen) atoms. The Labute approximate surface area is 152 Å². The highest BCUT2D eigenvalue weighted by Crippen LogP contribution is 2.11. The molecule has 1 heterocycles. The molecule has 132 valence electrons. The van der Waals surface area contributed by atoms with Crippen molar-refractivity contribution in [2.45, 2.75) is 26.8 Å². The molecule has 3 aromatic rings. The number of hydrogen-bond donors (Lipinski definition) is 1. The molecule has 0 unspecified atom stereocenters. The van der Waals surface area contributed by atoms with Crippen molar-refractivity contribution in [3.05, 3.63) is 93.4 Å². The van der Waals surface area contributed by atoms with Crippen LogP contribution < -0.4 is 10.9 Å². The molecule has 1 N–H and O–H groups in total. The molecule has 0 saturated carbocycles. The molecule has 0 aliphatic heterocycles. The summed E-state index contributed by atoms with van der Waals surface area (Å²) in [5.41, 5.74) is 3.97. The van der Waals surface area contributed by atoms with E-state index in [-0.39, 0.29) is 17.2 Å². The van der Waals surface area contributed by atoms with Gasteiger partial charge in [0.25, 0.3) is 11.5 Å². The van der Waals surface area contributed by atoms with Crippen LogP contribution in [-0.2, 0) is 13.0 Å². The van der Waals surface area contributed by atoms with Crippen molar-refractivity contribution in [1.82, 2.24) is 9.78 Å². The zero-order chi connectivity index (χ0) is 18.5. The van der Waals surface area contributed by atoms with Crippen LogP contribution in [0.15, 0.2) is 65.5 Å². The minimum Gasteiger partial charge on any atom is -0.321 e. The topological polar surface area (TPSA) is 64.0 Å². The quantitative estimate of drug-likeness (QED) is 0.769. The van der Waals surface area contributed by atoms with Crippen molar-refractivity contribution in [3.63, 3.8) is 0 Å². The van der Waals surface area contributed by atoms with E-state index in [4.69, 9.17) is 0 Å². The van der Waals surface area contributed by atoms with Crippen LogP contribution >= 0.6 is 0 Å². The Kier molecular flexibility index (Phi) is 5.27. The van der Waals surface area contributed by atoms with Crippen molar-refractivity contribution >= 4 is 11.6 Å². The summed E-state index contributed by atoms with van der Waals surface area (Å²) >= 11 is 0. The van der Waals surface area contributed by atoms with E-state index < -0.39 is 0 Å². The smallest absolute Gasteiger partial charge is 0.276 e. The summed E-state index contributed by atoms with van der Waals surface area (Å²) in [7, 11) is 0. The Morgan fingerprint density at radius 3 is 2.27 bits per heavy atom. The number of aromatic nitrogens is 2. The number of aryl methyl sites for hydroxylation is 2. The number of nitrogens with zero attached hydrogens (tertiary/aromatic N) is 2. The van der Waals surface area contributed by atoms with Gasteiger partial charge >= 0.3 is 0 Å². The molecule has 1 aromatic heterocycles. The summed E-state index contributed by atoms with van der Waals surface area (Å²) in [6, 6.07) is 18.4. The fourth-order valence-corrected chi connectivity index (χ4v) is 2.57. The van der Waals surface area contributed by atoms with Gasteiger partial charge in [-0.2, -0.15) is 5.10 Å². The highest BCUT2D eigenvalue weighted by Gasteiger charge is 2.10. The molecule has 0 saturated heterocycles. The van der Waals surface area contributed by atoms with Gasteiger partial charge in [0.05, 0.1) is 6.54 Å². The Morgan fingerprint density at radius 1 is 0.962 bits per heavy atom. The molecule has 0 spiro atoms. The fourth-order valence-electron chi connectivity index (χ4n) is 2.57. The van der Waals surface area contributed by atoms with Gasteiger partial charge in [-0.3, -0.25) is 9.59 Å². The average molecular weight is 347 g/mol. The van der Waals surface area contributed by atoms with Crippen molar-refractivity contribution in [2.75, 3.05) is 5.32 Å². The Hall–Kier alpha value is -3.21. The van der Waals surface area contributed by atoms with Crippen molar-refractivity contribution in [2.24, 2.45) is 0 Å². The number of rotatable bonds is 5. The molecule has 0 aliphatic rings. The molecule has 2 aromatic carbocycles. The Balaban J connectivity index is 1.78.